The van der Waals surface area contributed by atoms with Crippen LogP contribution in [-0.2, 0) is 0 Å². The summed E-state index contributed by atoms with van der Waals surface area (Å²) < 4.78 is 0. The summed E-state index contributed by atoms with van der Waals surface area (Å²) in [5.41, 5.74) is 3.23. The maximum absolute atomic E-state index is 11.6. The fourth-order valence-electron chi connectivity index (χ4n) is 1.93. The van der Waals surface area contributed by atoms with Crippen molar-refractivity contribution in [3.63, 3.8) is 0 Å². The van der Waals surface area contributed by atoms with Crippen LogP contribution in [0.5, 0.6) is 0 Å². The lowest BCUT2D eigenvalue weighted by Gasteiger charge is -2.07. The fraction of sp³-hybridized carbons (Fsp3) is 0.125. The van der Waals surface area contributed by atoms with Crippen LogP contribution in [0.4, 0.5) is 0 Å². The molecule has 0 spiro atoms. The lowest BCUT2D eigenvalue weighted by atomic mass is 9.96. The molecule has 0 aliphatic rings. The minimum atomic E-state index is 0.0428. The van der Waals surface area contributed by atoms with Gasteiger partial charge in [0.2, 0.25) is 0 Å². The van der Waals surface area contributed by atoms with Crippen LogP contribution in [0.25, 0.3) is 11.1 Å². The number of benzene rings is 2. The van der Waals surface area contributed by atoms with Gasteiger partial charge in [0.15, 0.2) is 11.6 Å². The Hall–Kier alpha value is -2.22. The van der Waals surface area contributed by atoms with E-state index in [0.29, 0.717) is 11.1 Å². The van der Waals surface area contributed by atoms with Gasteiger partial charge in [0.1, 0.15) is 0 Å². The average molecular weight is 238 g/mol. The van der Waals surface area contributed by atoms with Crippen molar-refractivity contribution in [1.82, 2.24) is 0 Å². The summed E-state index contributed by atoms with van der Waals surface area (Å²) in [5, 5.41) is 0. The molecule has 0 saturated carbocycles. The molecule has 0 heterocycles. The van der Waals surface area contributed by atoms with Crippen LogP contribution >= 0.6 is 0 Å². The molecule has 0 atom stereocenters. The number of rotatable bonds is 3. The van der Waals surface area contributed by atoms with Gasteiger partial charge in [0.25, 0.3) is 0 Å². The predicted octanol–water partition coefficient (Wildman–Crippen LogP) is 3.76. The van der Waals surface area contributed by atoms with Gasteiger partial charge in [-0.25, -0.2) is 0 Å². The van der Waals surface area contributed by atoms with Crippen LogP contribution in [-0.4, -0.2) is 11.6 Å². The molecule has 90 valence electrons. The van der Waals surface area contributed by atoms with Crippen molar-refractivity contribution in [2.45, 2.75) is 13.8 Å². The summed E-state index contributed by atoms with van der Waals surface area (Å²) in [6, 6.07) is 14.8. The maximum atomic E-state index is 11.6. The quantitative estimate of drug-likeness (QED) is 0.763. The number of carbonyl (C=O) groups excluding carboxylic acids is 2. The number of hydrogen-bond donors (Lipinski definition) is 0. The molecule has 0 amide bonds. The molecule has 0 bridgehead atoms. The molecule has 2 aromatic rings. The van der Waals surface area contributed by atoms with Crippen LogP contribution in [0.2, 0.25) is 0 Å². The van der Waals surface area contributed by atoms with E-state index in [2.05, 4.69) is 0 Å². The highest BCUT2D eigenvalue weighted by molar-refractivity contribution is 6.01. The Morgan fingerprint density at radius 3 is 1.94 bits per heavy atom. The van der Waals surface area contributed by atoms with Crippen molar-refractivity contribution >= 4 is 11.6 Å². The summed E-state index contributed by atoms with van der Waals surface area (Å²) >= 11 is 0. The van der Waals surface area contributed by atoms with E-state index >= 15 is 0 Å². The van der Waals surface area contributed by atoms with Gasteiger partial charge < -0.3 is 0 Å². The summed E-state index contributed by atoms with van der Waals surface area (Å²) in [5.74, 6) is 0.0858. The van der Waals surface area contributed by atoms with Crippen LogP contribution < -0.4 is 0 Å². The third-order valence-corrected chi connectivity index (χ3v) is 2.91. The normalized spacial score (nSPS) is 10.1. The Kier molecular flexibility index (Phi) is 3.38. The molecule has 0 aliphatic heterocycles. The third-order valence-electron chi connectivity index (χ3n) is 2.91. The summed E-state index contributed by atoms with van der Waals surface area (Å²) in [6.07, 6.45) is 0. The molecule has 0 unspecified atom stereocenters. The second-order valence-electron chi connectivity index (χ2n) is 4.24. The molecule has 0 N–H and O–H groups in total. The molecule has 0 aliphatic carbocycles. The van der Waals surface area contributed by atoms with E-state index in [1.54, 1.807) is 26.0 Å². The van der Waals surface area contributed by atoms with Gasteiger partial charge in [0.05, 0.1) is 0 Å². The van der Waals surface area contributed by atoms with Crippen molar-refractivity contribution in [1.29, 1.82) is 0 Å². The molecule has 0 aromatic heterocycles. The number of Topliss-reactive ketones (excluding diaryl/α,β-unsaturated/α-hetero) is 2. The zero-order valence-corrected chi connectivity index (χ0v) is 10.4. The molecule has 2 heteroatoms. The van der Waals surface area contributed by atoms with E-state index in [0.717, 1.165) is 11.1 Å². The Bertz CT molecular complexity index is 595. The van der Waals surface area contributed by atoms with Crippen molar-refractivity contribution in [2.24, 2.45) is 0 Å². The molecule has 2 nitrogen and oxygen atoms in total. The van der Waals surface area contributed by atoms with Gasteiger partial charge in [-0.05, 0) is 25.0 Å². The lowest BCUT2D eigenvalue weighted by molar-refractivity contribution is 0.100. The van der Waals surface area contributed by atoms with Gasteiger partial charge in [0, 0.05) is 11.1 Å². The van der Waals surface area contributed by atoms with E-state index in [-0.39, 0.29) is 11.6 Å². The molecule has 2 aromatic carbocycles. The molecule has 0 radical (unpaired) electrons. The fourth-order valence-corrected chi connectivity index (χ4v) is 1.93. The Balaban J connectivity index is 2.49. The summed E-state index contributed by atoms with van der Waals surface area (Å²) in [7, 11) is 0. The highest BCUT2D eigenvalue weighted by atomic mass is 16.1. The van der Waals surface area contributed by atoms with Crippen molar-refractivity contribution in [2.75, 3.05) is 0 Å². The molecule has 18 heavy (non-hydrogen) atoms. The van der Waals surface area contributed by atoms with Crippen molar-refractivity contribution in [3.05, 3.63) is 59.7 Å². The lowest BCUT2D eigenvalue weighted by Crippen LogP contribution is -1.96. The third kappa shape index (κ3) is 2.38. The van der Waals surface area contributed by atoms with E-state index in [1.807, 2.05) is 36.4 Å². The highest BCUT2D eigenvalue weighted by Crippen LogP contribution is 2.24. The van der Waals surface area contributed by atoms with Crippen LogP contribution in [0, 0.1) is 0 Å². The van der Waals surface area contributed by atoms with Crippen LogP contribution in [0.3, 0.4) is 0 Å². The smallest absolute Gasteiger partial charge is 0.160 e. The van der Waals surface area contributed by atoms with Gasteiger partial charge in [-0.1, -0.05) is 48.5 Å². The number of ketones is 2. The van der Waals surface area contributed by atoms with Gasteiger partial charge >= 0.3 is 0 Å². The van der Waals surface area contributed by atoms with E-state index in [9.17, 15) is 9.59 Å². The van der Waals surface area contributed by atoms with Gasteiger partial charge in [-0.15, -0.1) is 0 Å². The molecule has 2 rings (SSSR count). The first-order chi connectivity index (χ1) is 8.59. The first-order valence-electron chi connectivity index (χ1n) is 5.81. The molecule has 0 fully saturated rings. The van der Waals surface area contributed by atoms with E-state index in [4.69, 9.17) is 0 Å². The zero-order valence-electron chi connectivity index (χ0n) is 10.4. The second kappa shape index (κ2) is 4.96. The van der Waals surface area contributed by atoms with Gasteiger partial charge in [-0.3, -0.25) is 9.59 Å². The Morgan fingerprint density at radius 2 is 1.39 bits per heavy atom. The van der Waals surface area contributed by atoms with E-state index < -0.39 is 0 Å². The monoisotopic (exact) mass is 238 g/mol. The minimum absolute atomic E-state index is 0.0428. The number of hydrogen-bond acceptors (Lipinski definition) is 2. The van der Waals surface area contributed by atoms with Gasteiger partial charge in [-0.2, -0.15) is 0 Å². The maximum Gasteiger partial charge on any atom is 0.160 e. The summed E-state index contributed by atoms with van der Waals surface area (Å²) in [6.45, 7) is 3.10. The molecule has 0 saturated heterocycles. The Labute approximate surface area is 106 Å². The Morgan fingerprint density at radius 1 is 0.778 bits per heavy atom. The zero-order chi connectivity index (χ0) is 13.1. The van der Waals surface area contributed by atoms with Crippen LogP contribution in [0.15, 0.2) is 48.5 Å². The van der Waals surface area contributed by atoms with E-state index in [1.165, 1.54) is 0 Å². The highest BCUT2D eigenvalue weighted by Gasteiger charge is 2.08. The second-order valence-corrected chi connectivity index (χ2v) is 4.24. The van der Waals surface area contributed by atoms with Crippen molar-refractivity contribution in [3.8, 4) is 11.1 Å². The predicted molar refractivity (Wildman–Crippen MR) is 71.9 cm³/mol. The summed E-state index contributed by atoms with van der Waals surface area (Å²) in [4.78, 5) is 22.8. The largest absolute Gasteiger partial charge is 0.295 e. The molecular weight excluding hydrogens is 224 g/mol. The van der Waals surface area contributed by atoms with Crippen LogP contribution in [0.1, 0.15) is 34.6 Å². The molecular formula is C16H14O2. The average Bonchev–Trinajstić information content (AvgIpc) is 2.39. The first kappa shape index (κ1) is 12.2. The number of carbonyl (C=O) groups is 2. The first-order valence-corrected chi connectivity index (χ1v) is 5.81. The SMILES string of the molecule is CC(=O)c1ccc(-c2ccccc2C(C)=O)cc1. The standard InChI is InChI=1S/C16H14O2/c1-11(17)13-7-9-14(10-8-13)16-6-4-3-5-15(16)12(2)18/h3-10H,1-2H3. The minimum Gasteiger partial charge on any atom is -0.295 e. The van der Waals surface area contributed by atoms with Crippen molar-refractivity contribution < 1.29 is 9.59 Å². The topological polar surface area (TPSA) is 34.1 Å².